The topological polar surface area (TPSA) is 102 Å². The lowest BCUT2D eigenvalue weighted by Gasteiger charge is -2.17. The maximum atomic E-state index is 13.1. The van der Waals surface area contributed by atoms with Crippen molar-refractivity contribution in [3.05, 3.63) is 94.0 Å². The molecule has 0 aliphatic carbocycles. The Balaban J connectivity index is 1.43. The molecule has 184 valence electrons. The number of nitrogens with zero attached hydrogens (tertiary/aromatic N) is 1. The van der Waals surface area contributed by atoms with E-state index in [0.29, 0.717) is 11.4 Å². The van der Waals surface area contributed by atoms with Gasteiger partial charge in [-0.1, -0.05) is 30.3 Å². The van der Waals surface area contributed by atoms with Crippen LogP contribution in [0.15, 0.2) is 60.7 Å². The fraction of sp³-hybridized carbons (Fsp3) is 0.214. The zero-order valence-corrected chi connectivity index (χ0v) is 20.5. The summed E-state index contributed by atoms with van der Waals surface area (Å²) < 4.78 is 10.5. The molecule has 3 aromatic rings. The van der Waals surface area contributed by atoms with Gasteiger partial charge in [-0.05, 0) is 62.2 Å². The highest BCUT2D eigenvalue weighted by molar-refractivity contribution is 6.35. The largest absolute Gasteiger partial charge is 0.496 e. The van der Waals surface area contributed by atoms with Crippen LogP contribution in [0.3, 0.4) is 0 Å². The SMILES string of the molecule is COc1ccccc1C(C)NC(=O)COC(=O)c1ccc2c(c1)C(=O)N(c1cc(C)ccc1C)C2=O. The standard InChI is InChI=1S/C28H26N2O6/c1-16-9-10-17(2)23(13-16)30-26(32)21-12-11-19(14-22(21)27(30)33)28(34)36-15-25(31)29-18(3)20-7-5-6-8-24(20)35-4/h5-14,18H,15H2,1-4H3,(H,29,31). The van der Waals surface area contributed by atoms with Crippen molar-refractivity contribution in [1.29, 1.82) is 0 Å². The fourth-order valence-corrected chi connectivity index (χ4v) is 4.15. The molecule has 0 spiro atoms. The van der Waals surface area contributed by atoms with Gasteiger partial charge in [-0.15, -0.1) is 0 Å². The minimum Gasteiger partial charge on any atom is -0.496 e. The lowest BCUT2D eigenvalue weighted by atomic mass is 10.1. The van der Waals surface area contributed by atoms with E-state index in [1.807, 2.05) is 44.2 Å². The highest BCUT2D eigenvalue weighted by Gasteiger charge is 2.38. The van der Waals surface area contributed by atoms with Crippen molar-refractivity contribution in [3.8, 4) is 5.75 Å². The fourth-order valence-electron chi connectivity index (χ4n) is 4.15. The summed E-state index contributed by atoms with van der Waals surface area (Å²) in [6.07, 6.45) is 0. The third kappa shape index (κ3) is 4.70. The van der Waals surface area contributed by atoms with Gasteiger partial charge in [-0.3, -0.25) is 14.4 Å². The number of benzene rings is 3. The monoisotopic (exact) mass is 486 g/mol. The first-order valence-electron chi connectivity index (χ1n) is 11.4. The van der Waals surface area contributed by atoms with Crippen LogP contribution in [0.2, 0.25) is 0 Å². The Kier molecular flexibility index (Phi) is 6.87. The number of methoxy groups -OCH3 is 1. The third-order valence-corrected chi connectivity index (χ3v) is 6.05. The van der Waals surface area contributed by atoms with Crippen molar-refractivity contribution in [1.82, 2.24) is 5.32 Å². The summed E-state index contributed by atoms with van der Waals surface area (Å²) in [5.74, 6) is -1.59. The zero-order valence-electron chi connectivity index (χ0n) is 20.5. The van der Waals surface area contributed by atoms with Crippen molar-refractivity contribution in [3.63, 3.8) is 0 Å². The maximum Gasteiger partial charge on any atom is 0.338 e. The molecule has 1 aliphatic rings. The van der Waals surface area contributed by atoms with Crippen LogP contribution in [0.5, 0.6) is 5.75 Å². The predicted octanol–water partition coefficient (Wildman–Crippen LogP) is 4.15. The first-order valence-corrected chi connectivity index (χ1v) is 11.4. The summed E-state index contributed by atoms with van der Waals surface area (Å²) in [6, 6.07) is 16.6. The number of carbonyl (C=O) groups is 4. The number of para-hydroxylation sites is 1. The molecule has 1 aliphatic heterocycles. The Morgan fingerprint density at radius 2 is 1.67 bits per heavy atom. The third-order valence-electron chi connectivity index (χ3n) is 6.05. The molecule has 0 radical (unpaired) electrons. The van der Waals surface area contributed by atoms with E-state index in [1.54, 1.807) is 26.2 Å². The maximum absolute atomic E-state index is 13.1. The van der Waals surface area contributed by atoms with Crippen LogP contribution in [0.1, 0.15) is 60.7 Å². The average Bonchev–Trinajstić information content (AvgIpc) is 3.12. The van der Waals surface area contributed by atoms with E-state index in [2.05, 4.69) is 5.32 Å². The summed E-state index contributed by atoms with van der Waals surface area (Å²) in [6.45, 7) is 4.99. The molecule has 36 heavy (non-hydrogen) atoms. The number of fused-ring (bicyclic) bond motifs is 1. The van der Waals surface area contributed by atoms with Gasteiger partial charge >= 0.3 is 5.97 Å². The summed E-state index contributed by atoms with van der Waals surface area (Å²) in [7, 11) is 1.55. The second-order valence-electron chi connectivity index (χ2n) is 8.60. The van der Waals surface area contributed by atoms with Crippen molar-refractivity contribution in [2.45, 2.75) is 26.8 Å². The molecule has 3 aromatic carbocycles. The van der Waals surface area contributed by atoms with Crippen molar-refractivity contribution < 1.29 is 28.7 Å². The molecule has 1 N–H and O–H groups in total. The number of aryl methyl sites for hydroxylation is 2. The smallest absolute Gasteiger partial charge is 0.338 e. The van der Waals surface area contributed by atoms with Crippen molar-refractivity contribution in [2.75, 3.05) is 18.6 Å². The van der Waals surface area contributed by atoms with Crippen molar-refractivity contribution in [2.24, 2.45) is 0 Å². The van der Waals surface area contributed by atoms with Crippen LogP contribution in [0.4, 0.5) is 5.69 Å². The number of anilines is 1. The van der Waals surface area contributed by atoms with E-state index in [4.69, 9.17) is 9.47 Å². The second-order valence-corrected chi connectivity index (χ2v) is 8.60. The van der Waals surface area contributed by atoms with Gasteiger partial charge in [0.1, 0.15) is 5.75 Å². The first kappa shape index (κ1) is 24.7. The van der Waals surface area contributed by atoms with Crippen LogP contribution in [-0.2, 0) is 9.53 Å². The van der Waals surface area contributed by atoms with Gasteiger partial charge < -0.3 is 14.8 Å². The molecule has 0 bridgehead atoms. The number of rotatable bonds is 7. The van der Waals surface area contributed by atoms with Crippen LogP contribution in [0.25, 0.3) is 0 Å². The molecule has 0 aromatic heterocycles. The van der Waals surface area contributed by atoms with E-state index in [1.165, 1.54) is 18.2 Å². The minimum atomic E-state index is -0.775. The van der Waals surface area contributed by atoms with Crippen molar-refractivity contribution >= 4 is 29.4 Å². The molecule has 1 heterocycles. The van der Waals surface area contributed by atoms with Gasteiger partial charge in [-0.2, -0.15) is 0 Å². The molecular formula is C28H26N2O6. The summed E-state index contributed by atoms with van der Waals surface area (Å²) in [5.41, 5.74) is 3.38. The quantitative estimate of drug-likeness (QED) is 0.398. The molecule has 0 saturated carbocycles. The predicted molar refractivity (Wildman–Crippen MR) is 133 cm³/mol. The lowest BCUT2D eigenvalue weighted by Crippen LogP contribution is -2.31. The van der Waals surface area contributed by atoms with Gasteiger partial charge in [0.25, 0.3) is 17.7 Å². The number of amides is 3. The number of carbonyl (C=O) groups excluding carboxylic acids is 4. The number of ether oxygens (including phenoxy) is 2. The Morgan fingerprint density at radius 3 is 2.42 bits per heavy atom. The number of esters is 1. The molecule has 1 unspecified atom stereocenters. The number of hydrogen-bond acceptors (Lipinski definition) is 6. The van der Waals surface area contributed by atoms with E-state index < -0.39 is 30.3 Å². The molecule has 3 amide bonds. The summed E-state index contributed by atoms with van der Waals surface area (Å²) in [5, 5.41) is 2.76. The Labute approximate surface area is 208 Å². The minimum absolute atomic E-state index is 0.0725. The Morgan fingerprint density at radius 1 is 0.944 bits per heavy atom. The molecule has 1 atom stereocenters. The highest BCUT2D eigenvalue weighted by atomic mass is 16.5. The van der Waals surface area contributed by atoms with E-state index >= 15 is 0 Å². The molecule has 4 rings (SSSR count). The van der Waals surface area contributed by atoms with E-state index in [9.17, 15) is 19.2 Å². The number of hydrogen-bond donors (Lipinski definition) is 1. The molecule has 8 heteroatoms. The zero-order chi connectivity index (χ0) is 26.0. The van der Waals surface area contributed by atoms with Crippen LogP contribution in [0, 0.1) is 13.8 Å². The van der Waals surface area contributed by atoms with Crippen LogP contribution in [-0.4, -0.2) is 37.4 Å². The summed E-state index contributed by atoms with van der Waals surface area (Å²) >= 11 is 0. The molecule has 0 saturated heterocycles. The van der Waals surface area contributed by atoms with Gasteiger partial charge in [0.2, 0.25) is 0 Å². The van der Waals surface area contributed by atoms with Gasteiger partial charge in [-0.25, -0.2) is 9.69 Å². The summed E-state index contributed by atoms with van der Waals surface area (Å²) in [4.78, 5) is 52.2. The van der Waals surface area contributed by atoms with Crippen LogP contribution < -0.4 is 15.0 Å². The normalized spacial score (nSPS) is 13.3. The second kappa shape index (κ2) is 10.0. The Hall–Kier alpha value is -4.46. The van der Waals surface area contributed by atoms with E-state index in [-0.39, 0.29) is 22.7 Å². The number of imide groups is 1. The first-order chi connectivity index (χ1) is 17.2. The average molecular weight is 487 g/mol. The molecule has 0 fully saturated rings. The highest BCUT2D eigenvalue weighted by Crippen LogP contribution is 2.32. The van der Waals surface area contributed by atoms with E-state index in [0.717, 1.165) is 21.6 Å². The lowest BCUT2D eigenvalue weighted by molar-refractivity contribution is -0.124. The van der Waals surface area contributed by atoms with Gasteiger partial charge in [0.05, 0.1) is 35.5 Å². The van der Waals surface area contributed by atoms with Crippen LogP contribution >= 0.6 is 0 Å². The van der Waals surface area contributed by atoms with Gasteiger partial charge in [0, 0.05) is 5.56 Å². The number of nitrogens with one attached hydrogen (secondary N) is 1. The molecular weight excluding hydrogens is 460 g/mol. The molecule has 8 nitrogen and oxygen atoms in total. The Bertz CT molecular complexity index is 1380. The van der Waals surface area contributed by atoms with Gasteiger partial charge in [0.15, 0.2) is 6.61 Å².